The van der Waals surface area contributed by atoms with Crippen molar-refractivity contribution in [3.63, 3.8) is 0 Å². The van der Waals surface area contributed by atoms with Gasteiger partial charge in [-0.1, -0.05) is 13.8 Å². The summed E-state index contributed by atoms with van der Waals surface area (Å²) in [6.07, 6.45) is 0. The smallest absolute Gasteiger partial charge is 0.252 e. The highest BCUT2D eigenvalue weighted by atomic mass is 16.5. The molecule has 1 rings (SSSR count). The minimum absolute atomic E-state index is 0.0152. The van der Waals surface area contributed by atoms with E-state index in [-0.39, 0.29) is 18.4 Å². The second-order valence-corrected chi connectivity index (χ2v) is 4.40. The molecule has 0 aliphatic carbocycles. The maximum Gasteiger partial charge on any atom is 0.252 e. The van der Waals surface area contributed by atoms with Gasteiger partial charge in [-0.3, -0.25) is 4.79 Å². The Labute approximate surface area is 108 Å². The standard InChI is InChI=1S/C14H18N2O2/c1-9(2)11-8-12(14(17)16-6-5-15)10(3)7-13(11)18-4/h7-9H,6H2,1-4H3,(H,16,17). The summed E-state index contributed by atoms with van der Waals surface area (Å²) < 4.78 is 5.32. The van der Waals surface area contributed by atoms with Gasteiger partial charge in [-0.2, -0.15) is 5.26 Å². The second kappa shape index (κ2) is 6.06. The van der Waals surface area contributed by atoms with Crippen molar-refractivity contribution < 1.29 is 9.53 Å². The molecule has 1 N–H and O–H groups in total. The van der Waals surface area contributed by atoms with Crippen LogP contribution in [-0.2, 0) is 0 Å². The van der Waals surface area contributed by atoms with E-state index in [0.717, 1.165) is 16.9 Å². The molecule has 0 spiro atoms. The highest BCUT2D eigenvalue weighted by molar-refractivity contribution is 5.96. The molecule has 0 bridgehead atoms. The predicted molar refractivity (Wildman–Crippen MR) is 69.8 cm³/mol. The first-order chi connectivity index (χ1) is 8.51. The average Bonchev–Trinajstić information content (AvgIpc) is 2.34. The molecule has 96 valence electrons. The third kappa shape index (κ3) is 3.01. The molecule has 4 heteroatoms. The molecule has 1 amide bonds. The van der Waals surface area contributed by atoms with E-state index in [0.29, 0.717) is 5.56 Å². The molecule has 0 radical (unpaired) electrons. The first-order valence-corrected chi connectivity index (χ1v) is 5.85. The van der Waals surface area contributed by atoms with Crippen LogP contribution in [0, 0.1) is 18.3 Å². The summed E-state index contributed by atoms with van der Waals surface area (Å²) in [5, 5.41) is 11.0. The first kappa shape index (κ1) is 14.0. The van der Waals surface area contributed by atoms with Gasteiger partial charge in [-0.15, -0.1) is 0 Å². The van der Waals surface area contributed by atoms with Gasteiger partial charge in [0.25, 0.3) is 5.91 Å². The number of nitrogens with zero attached hydrogens (tertiary/aromatic N) is 1. The fourth-order valence-electron chi connectivity index (χ4n) is 1.79. The van der Waals surface area contributed by atoms with Crippen LogP contribution >= 0.6 is 0 Å². The zero-order chi connectivity index (χ0) is 13.7. The lowest BCUT2D eigenvalue weighted by atomic mass is 9.96. The van der Waals surface area contributed by atoms with Crippen molar-refractivity contribution in [2.45, 2.75) is 26.7 Å². The topological polar surface area (TPSA) is 62.1 Å². The summed E-state index contributed by atoms with van der Waals surface area (Å²) in [7, 11) is 1.62. The van der Waals surface area contributed by atoms with Crippen LogP contribution in [0.2, 0.25) is 0 Å². The van der Waals surface area contributed by atoms with Gasteiger partial charge in [-0.05, 0) is 36.1 Å². The molecule has 0 heterocycles. The Bertz CT molecular complexity index is 487. The van der Waals surface area contributed by atoms with Crippen LogP contribution in [-0.4, -0.2) is 19.6 Å². The van der Waals surface area contributed by atoms with E-state index in [1.165, 1.54) is 0 Å². The zero-order valence-corrected chi connectivity index (χ0v) is 11.2. The Kier molecular flexibility index (Phi) is 4.73. The third-order valence-corrected chi connectivity index (χ3v) is 2.77. The number of amides is 1. The zero-order valence-electron chi connectivity index (χ0n) is 11.2. The quantitative estimate of drug-likeness (QED) is 0.830. The minimum atomic E-state index is -0.224. The summed E-state index contributed by atoms with van der Waals surface area (Å²) in [5.41, 5.74) is 2.42. The number of carbonyl (C=O) groups is 1. The number of hydrogen-bond donors (Lipinski definition) is 1. The fraction of sp³-hybridized carbons (Fsp3) is 0.429. The highest BCUT2D eigenvalue weighted by Gasteiger charge is 2.15. The van der Waals surface area contributed by atoms with Crippen molar-refractivity contribution >= 4 is 5.91 Å². The number of benzene rings is 1. The van der Waals surface area contributed by atoms with Gasteiger partial charge in [0.2, 0.25) is 0 Å². The number of carbonyl (C=O) groups excluding carboxylic acids is 1. The highest BCUT2D eigenvalue weighted by Crippen LogP contribution is 2.29. The Morgan fingerprint density at radius 2 is 2.17 bits per heavy atom. The normalized spacial score (nSPS) is 10.0. The molecular weight excluding hydrogens is 228 g/mol. The van der Waals surface area contributed by atoms with E-state index in [4.69, 9.17) is 10.00 Å². The lowest BCUT2D eigenvalue weighted by Gasteiger charge is -2.15. The molecule has 0 unspecified atom stereocenters. The number of ether oxygens (including phenoxy) is 1. The van der Waals surface area contributed by atoms with Gasteiger partial charge in [0.15, 0.2) is 0 Å². The first-order valence-electron chi connectivity index (χ1n) is 5.85. The molecule has 1 aromatic carbocycles. The van der Waals surface area contributed by atoms with Crippen LogP contribution in [0.15, 0.2) is 12.1 Å². The molecule has 0 saturated carbocycles. The summed E-state index contributed by atoms with van der Waals surface area (Å²) in [5.74, 6) is 0.834. The van der Waals surface area contributed by atoms with Crippen LogP contribution in [0.3, 0.4) is 0 Å². The van der Waals surface area contributed by atoms with Gasteiger partial charge in [-0.25, -0.2) is 0 Å². The Balaban J connectivity index is 3.17. The third-order valence-electron chi connectivity index (χ3n) is 2.77. The van der Waals surface area contributed by atoms with Crippen molar-refractivity contribution in [1.29, 1.82) is 5.26 Å². The van der Waals surface area contributed by atoms with Gasteiger partial charge >= 0.3 is 0 Å². The maximum atomic E-state index is 11.9. The fourth-order valence-corrected chi connectivity index (χ4v) is 1.79. The summed E-state index contributed by atoms with van der Waals surface area (Å²) >= 11 is 0. The van der Waals surface area contributed by atoms with Crippen molar-refractivity contribution in [1.82, 2.24) is 5.32 Å². The summed E-state index contributed by atoms with van der Waals surface area (Å²) in [6.45, 7) is 5.96. The van der Waals surface area contributed by atoms with E-state index in [1.807, 2.05) is 39.0 Å². The van der Waals surface area contributed by atoms with E-state index in [1.54, 1.807) is 7.11 Å². The van der Waals surface area contributed by atoms with Gasteiger partial charge in [0.1, 0.15) is 12.3 Å². The number of rotatable bonds is 4. The molecule has 18 heavy (non-hydrogen) atoms. The number of aryl methyl sites for hydroxylation is 1. The Morgan fingerprint density at radius 1 is 1.50 bits per heavy atom. The molecule has 0 aromatic heterocycles. The molecule has 4 nitrogen and oxygen atoms in total. The van der Waals surface area contributed by atoms with Gasteiger partial charge in [0.05, 0.1) is 13.2 Å². The molecule has 0 aliphatic rings. The van der Waals surface area contributed by atoms with E-state index in [9.17, 15) is 4.79 Å². The molecule has 0 atom stereocenters. The van der Waals surface area contributed by atoms with E-state index >= 15 is 0 Å². The van der Waals surface area contributed by atoms with Gasteiger partial charge in [0, 0.05) is 5.56 Å². The molecule has 0 saturated heterocycles. The average molecular weight is 246 g/mol. The predicted octanol–water partition coefficient (Wildman–Crippen LogP) is 2.38. The van der Waals surface area contributed by atoms with Crippen LogP contribution < -0.4 is 10.1 Å². The lowest BCUT2D eigenvalue weighted by Crippen LogP contribution is -2.24. The van der Waals surface area contributed by atoms with Crippen molar-refractivity contribution in [3.05, 3.63) is 28.8 Å². The number of nitrogens with one attached hydrogen (secondary N) is 1. The molecule has 0 aliphatic heterocycles. The summed E-state index contributed by atoms with van der Waals surface area (Å²) in [6, 6.07) is 5.59. The Morgan fingerprint density at radius 3 is 2.67 bits per heavy atom. The Hall–Kier alpha value is -2.02. The van der Waals surface area contributed by atoms with E-state index < -0.39 is 0 Å². The van der Waals surface area contributed by atoms with Crippen molar-refractivity contribution in [3.8, 4) is 11.8 Å². The number of methoxy groups -OCH3 is 1. The number of nitriles is 1. The van der Waals surface area contributed by atoms with Crippen molar-refractivity contribution in [2.24, 2.45) is 0 Å². The maximum absolute atomic E-state index is 11.9. The number of hydrogen-bond acceptors (Lipinski definition) is 3. The van der Waals surface area contributed by atoms with E-state index in [2.05, 4.69) is 5.32 Å². The minimum Gasteiger partial charge on any atom is -0.496 e. The molecular formula is C14H18N2O2. The monoisotopic (exact) mass is 246 g/mol. The van der Waals surface area contributed by atoms with Crippen LogP contribution in [0.25, 0.3) is 0 Å². The summed E-state index contributed by atoms with van der Waals surface area (Å²) in [4.78, 5) is 11.9. The van der Waals surface area contributed by atoms with Crippen LogP contribution in [0.4, 0.5) is 0 Å². The van der Waals surface area contributed by atoms with Crippen LogP contribution in [0.1, 0.15) is 41.3 Å². The SMILES string of the molecule is COc1cc(C)c(C(=O)NCC#N)cc1C(C)C. The largest absolute Gasteiger partial charge is 0.496 e. The molecule has 1 aromatic rings. The lowest BCUT2D eigenvalue weighted by molar-refractivity contribution is 0.0957. The van der Waals surface area contributed by atoms with Crippen molar-refractivity contribution in [2.75, 3.05) is 13.7 Å². The molecule has 0 fully saturated rings. The van der Waals surface area contributed by atoms with Gasteiger partial charge < -0.3 is 10.1 Å². The second-order valence-electron chi connectivity index (χ2n) is 4.40. The van der Waals surface area contributed by atoms with Crippen LogP contribution in [0.5, 0.6) is 5.75 Å².